The quantitative estimate of drug-likeness (QED) is 0.675. The summed E-state index contributed by atoms with van der Waals surface area (Å²) < 4.78 is 41.5. The van der Waals surface area contributed by atoms with Gasteiger partial charge in [0.15, 0.2) is 6.10 Å². The summed E-state index contributed by atoms with van der Waals surface area (Å²) in [5.41, 5.74) is -1.54. The normalized spacial score (nSPS) is 12.8. The predicted molar refractivity (Wildman–Crippen MR) is 56.2 cm³/mol. The van der Waals surface area contributed by atoms with E-state index in [2.05, 4.69) is 4.74 Å². The lowest BCUT2D eigenvalue weighted by molar-refractivity contribution is -0.386. The predicted octanol–water partition coefficient (Wildman–Crippen LogP) is 2.62. The minimum atomic E-state index is -4.76. The number of rotatable bonds is 4. The van der Waals surface area contributed by atoms with Crippen LogP contribution < -0.4 is 4.74 Å². The Morgan fingerprint density at radius 2 is 2.05 bits per heavy atom. The van der Waals surface area contributed by atoms with Gasteiger partial charge in [-0.25, -0.2) is 4.79 Å². The van der Waals surface area contributed by atoms with Crippen molar-refractivity contribution in [2.75, 3.05) is 0 Å². The smallest absolute Gasteiger partial charge is 0.425 e. The fraction of sp³-hybridized carbons (Fsp3) is 0.300. The summed E-state index contributed by atoms with van der Waals surface area (Å²) in [6.07, 6.45) is -7.13. The van der Waals surface area contributed by atoms with Gasteiger partial charge in [0.1, 0.15) is 5.56 Å². The molecule has 6 nitrogen and oxygen atoms in total. The van der Waals surface area contributed by atoms with Gasteiger partial charge in [0.2, 0.25) is 5.75 Å². The number of carbonyl (C=O) groups is 1. The SMILES string of the molecule is CC(Oc1c(C(=O)O)cccc1[N+](=O)[O-])C(F)(F)F. The van der Waals surface area contributed by atoms with Crippen LogP contribution in [0.4, 0.5) is 18.9 Å². The van der Waals surface area contributed by atoms with E-state index in [1.54, 1.807) is 0 Å². The Bertz CT molecular complexity index is 482. The first-order valence-electron chi connectivity index (χ1n) is 4.88. The van der Waals surface area contributed by atoms with Crippen molar-refractivity contribution in [2.45, 2.75) is 19.2 Å². The molecule has 1 aromatic rings. The second-order valence-corrected chi connectivity index (χ2v) is 3.52. The molecule has 0 saturated heterocycles. The molecule has 1 N–H and O–H groups in total. The highest BCUT2D eigenvalue weighted by atomic mass is 19.4. The number of nitrogens with zero attached hydrogens (tertiary/aromatic N) is 1. The molecule has 0 heterocycles. The molecule has 9 heteroatoms. The summed E-state index contributed by atoms with van der Waals surface area (Å²) in [4.78, 5) is 20.5. The molecule has 1 rings (SSSR count). The number of hydrogen-bond acceptors (Lipinski definition) is 4. The highest BCUT2D eigenvalue weighted by Crippen LogP contribution is 2.34. The van der Waals surface area contributed by atoms with Crippen LogP contribution in [0.3, 0.4) is 0 Å². The summed E-state index contributed by atoms with van der Waals surface area (Å²) in [6.45, 7) is 0.627. The monoisotopic (exact) mass is 279 g/mol. The summed E-state index contributed by atoms with van der Waals surface area (Å²) in [5.74, 6) is -2.53. The number of carboxylic acid groups (broad SMARTS) is 1. The molecule has 0 aromatic heterocycles. The van der Waals surface area contributed by atoms with Crippen molar-refractivity contribution in [1.29, 1.82) is 0 Å². The number of nitro benzene ring substituents is 1. The number of benzene rings is 1. The van der Waals surface area contributed by atoms with Crippen molar-refractivity contribution in [3.8, 4) is 5.75 Å². The Labute approximate surface area is 104 Å². The van der Waals surface area contributed by atoms with Crippen molar-refractivity contribution < 1.29 is 32.7 Å². The first-order valence-corrected chi connectivity index (χ1v) is 4.88. The average molecular weight is 279 g/mol. The highest BCUT2D eigenvalue weighted by Gasteiger charge is 2.40. The van der Waals surface area contributed by atoms with E-state index in [9.17, 15) is 28.1 Å². The zero-order valence-electron chi connectivity index (χ0n) is 9.47. The molecule has 0 aliphatic carbocycles. The minimum absolute atomic E-state index is 0.627. The lowest BCUT2D eigenvalue weighted by Gasteiger charge is -2.18. The molecular formula is C10H8F3NO5. The summed E-state index contributed by atoms with van der Waals surface area (Å²) in [6, 6.07) is 2.84. The molecule has 0 saturated carbocycles. The van der Waals surface area contributed by atoms with Crippen molar-refractivity contribution in [1.82, 2.24) is 0 Å². The van der Waals surface area contributed by atoms with E-state index in [-0.39, 0.29) is 0 Å². The lowest BCUT2D eigenvalue weighted by Crippen LogP contribution is -2.31. The molecule has 1 unspecified atom stereocenters. The number of nitro groups is 1. The Morgan fingerprint density at radius 3 is 2.47 bits per heavy atom. The summed E-state index contributed by atoms with van der Waals surface area (Å²) in [7, 11) is 0. The number of alkyl halides is 3. The van der Waals surface area contributed by atoms with Crippen LogP contribution in [0.2, 0.25) is 0 Å². The standard InChI is InChI=1S/C10H8F3NO5/c1-5(10(11,12)13)19-8-6(9(15)16)3-2-4-7(8)14(17)18/h2-5H,1H3,(H,15,16). The molecule has 0 spiro atoms. The van der Waals surface area contributed by atoms with Gasteiger partial charge in [-0.1, -0.05) is 6.07 Å². The van der Waals surface area contributed by atoms with Gasteiger partial charge in [0.25, 0.3) is 0 Å². The topological polar surface area (TPSA) is 89.7 Å². The van der Waals surface area contributed by atoms with Gasteiger partial charge in [-0.05, 0) is 13.0 Å². The van der Waals surface area contributed by atoms with Crippen LogP contribution in [-0.2, 0) is 0 Å². The lowest BCUT2D eigenvalue weighted by atomic mass is 10.1. The molecule has 104 valence electrons. The number of halogens is 3. The maximum absolute atomic E-state index is 12.4. The fourth-order valence-electron chi connectivity index (χ4n) is 1.20. The third kappa shape index (κ3) is 3.33. The Kier molecular flexibility index (Phi) is 3.98. The van der Waals surface area contributed by atoms with Crippen LogP contribution in [0.25, 0.3) is 0 Å². The first kappa shape index (κ1) is 14.7. The Balaban J connectivity index is 3.30. The molecule has 19 heavy (non-hydrogen) atoms. The van der Waals surface area contributed by atoms with Crippen molar-refractivity contribution in [2.24, 2.45) is 0 Å². The van der Waals surface area contributed by atoms with E-state index >= 15 is 0 Å². The zero-order chi connectivity index (χ0) is 14.8. The Morgan fingerprint density at radius 1 is 1.47 bits per heavy atom. The fourth-order valence-corrected chi connectivity index (χ4v) is 1.20. The van der Waals surface area contributed by atoms with Gasteiger partial charge in [0.05, 0.1) is 4.92 Å². The summed E-state index contributed by atoms with van der Waals surface area (Å²) >= 11 is 0. The number of carboxylic acids is 1. The number of hydrogen-bond donors (Lipinski definition) is 1. The van der Waals surface area contributed by atoms with E-state index < -0.39 is 40.2 Å². The van der Waals surface area contributed by atoms with Crippen LogP contribution in [0, 0.1) is 10.1 Å². The van der Waals surface area contributed by atoms with Gasteiger partial charge in [-0.15, -0.1) is 0 Å². The van der Waals surface area contributed by atoms with E-state index in [0.717, 1.165) is 18.2 Å². The second kappa shape index (κ2) is 5.12. The molecule has 0 bridgehead atoms. The minimum Gasteiger partial charge on any atom is -0.478 e. The van der Waals surface area contributed by atoms with Crippen LogP contribution in [0.5, 0.6) is 5.75 Å². The zero-order valence-corrected chi connectivity index (χ0v) is 9.47. The van der Waals surface area contributed by atoms with Crippen LogP contribution in [0.15, 0.2) is 18.2 Å². The number of para-hydroxylation sites is 1. The average Bonchev–Trinajstić information content (AvgIpc) is 2.27. The van der Waals surface area contributed by atoms with Crippen LogP contribution in [0.1, 0.15) is 17.3 Å². The van der Waals surface area contributed by atoms with E-state index in [1.165, 1.54) is 0 Å². The molecule has 0 radical (unpaired) electrons. The molecule has 0 aliphatic rings. The molecular weight excluding hydrogens is 271 g/mol. The van der Waals surface area contributed by atoms with Crippen LogP contribution in [-0.4, -0.2) is 28.3 Å². The molecule has 0 fully saturated rings. The molecule has 0 amide bonds. The maximum Gasteiger partial charge on any atom is 0.425 e. The Hall–Kier alpha value is -2.32. The van der Waals surface area contributed by atoms with Crippen molar-refractivity contribution in [3.05, 3.63) is 33.9 Å². The maximum atomic E-state index is 12.4. The molecule has 1 atom stereocenters. The van der Waals surface area contributed by atoms with Gasteiger partial charge in [-0.3, -0.25) is 10.1 Å². The van der Waals surface area contributed by atoms with Crippen molar-refractivity contribution >= 4 is 11.7 Å². The first-order chi connectivity index (χ1) is 8.64. The second-order valence-electron chi connectivity index (χ2n) is 3.52. The number of aromatic carboxylic acids is 1. The van der Waals surface area contributed by atoms with Gasteiger partial charge < -0.3 is 9.84 Å². The molecule has 1 aromatic carbocycles. The number of ether oxygens (including phenoxy) is 1. The molecule has 0 aliphatic heterocycles. The van der Waals surface area contributed by atoms with E-state index in [0.29, 0.717) is 6.92 Å². The van der Waals surface area contributed by atoms with Crippen LogP contribution >= 0.6 is 0 Å². The summed E-state index contributed by atoms with van der Waals surface area (Å²) in [5, 5.41) is 19.5. The van der Waals surface area contributed by atoms with Gasteiger partial charge in [0, 0.05) is 6.07 Å². The third-order valence-electron chi connectivity index (χ3n) is 2.18. The highest BCUT2D eigenvalue weighted by molar-refractivity contribution is 5.92. The third-order valence-corrected chi connectivity index (χ3v) is 2.18. The van der Waals surface area contributed by atoms with E-state index in [1.807, 2.05) is 0 Å². The largest absolute Gasteiger partial charge is 0.478 e. The van der Waals surface area contributed by atoms with Crippen molar-refractivity contribution in [3.63, 3.8) is 0 Å². The van der Waals surface area contributed by atoms with Gasteiger partial charge in [-0.2, -0.15) is 13.2 Å². The van der Waals surface area contributed by atoms with E-state index in [4.69, 9.17) is 5.11 Å². The van der Waals surface area contributed by atoms with Gasteiger partial charge >= 0.3 is 17.8 Å².